The average Bonchev–Trinajstić information content (AvgIpc) is 3.75. The van der Waals surface area contributed by atoms with Gasteiger partial charge in [0.05, 0.1) is 11.4 Å². The molecule has 0 amide bonds. The zero-order valence-electron chi connectivity index (χ0n) is 23.3. The smallest absolute Gasteiger partial charge is 0.139 e. The molecule has 4 heterocycles. The first-order valence-electron chi connectivity index (χ1n) is 14.6. The Morgan fingerprint density at radius 1 is 0.455 bits per heavy atom. The van der Waals surface area contributed by atoms with Gasteiger partial charge < -0.3 is 8.83 Å². The summed E-state index contributed by atoms with van der Waals surface area (Å²) in [7, 11) is 0. The Morgan fingerprint density at radius 3 is 1.68 bits per heavy atom. The molecule has 0 fully saturated rings. The fourth-order valence-corrected chi connectivity index (χ4v) is 7.82. The molecule has 0 N–H and O–H groups in total. The standard InChI is InChI=1S/C39H22N2O2S/c1-2-8-26-23(7-1)13-16-31-32-19-20-37(40-39(32)44-38(26)31)41(24-14-17-29-27-9-3-5-11-33(27)42-35(29)21-24)25-15-18-30-28-10-4-6-12-34(28)43-36(30)22-25/h1-22H. The van der Waals surface area contributed by atoms with E-state index in [1.165, 1.54) is 26.2 Å². The van der Waals surface area contributed by atoms with Crippen molar-refractivity contribution in [3.63, 3.8) is 0 Å². The van der Waals surface area contributed by atoms with Gasteiger partial charge in [-0.15, -0.1) is 11.3 Å². The van der Waals surface area contributed by atoms with Gasteiger partial charge in [0, 0.05) is 49.1 Å². The van der Waals surface area contributed by atoms with Crippen molar-refractivity contribution in [2.24, 2.45) is 0 Å². The summed E-state index contributed by atoms with van der Waals surface area (Å²) in [6.07, 6.45) is 0. The molecule has 0 bridgehead atoms. The quantitative estimate of drug-likeness (QED) is 0.208. The lowest BCUT2D eigenvalue weighted by Gasteiger charge is -2.24. The summed E-state index contributed by atoms with van der Waals surface area (Å²) in [4.78, 5) is 8.50. The highest BCUT2D eigenvalue weighted by atomic mass is 32.1. The number of hydrogen-bond donors (Lipinski definition) is 0. The molecule has 0 aliphatic heterocycles. The first kappa shape index (κ1) is 23.9. The van der Waals surface area contributed by atoms with Crippen molar-refractivity contribution < 1.29 is 8.83 Å². The van der Waals surface area contributed by atoms with Crippen LogP contribution in [0.1, 0.15) is 0 Å². The number of fused-ring (bicyclic) bond motifs is 11. The minimum absolute atomic E-state index is 0.833. The van der Waals surface area contributed by atoms with Crippen molar-refractivity contribution in [1.82, 2.24) is 4.98 Å². The van der Waals surface area contributed by atoms with Crippen molar-refractivity contribution in [1.29, 1.82) is 0 Å². The van der Waals surface area contributed by atoms with Gasteiger partial charge in [0.1, 0.15) is 33.0 Å². The molecule has 10 rings (SSSR count). The molecule has 0 saturated carbocycles. The van der Waals surface area contributed by atoms with Crippen LogP contribution >= 0.6 is 11.3 Å². The highest BCUT2D eigenvalue weighted by molar-refractivity contribution is 7.26. The highest BCUT2D eigenvalue weighted by Crippen LogP contribution is 2.43. The topological polar surface area (TPSA) is 42.4 Å². The van der Waals surface area contributed by atoms with Gasteiger partial charge in [-0.3, -0.25) is 4.90 Å². The van der Waals surface area contributed by atoms with Crippen LogP contribution in [0.5, 0.6) is 0 Å². The first-order valence-corrected chi connectivity index (χ1v) is 15.4. The van der Waals surface area contributed by atoms with Crippen LogP contribution in [0.3, 0.4) is 0 Å². The van der Waals surface area contributed by atoms with Gasteiger partial charge in [0.2, 0.25) is 0 Å². The zero-order valence-corrected chi connectivity index (χ0v) is 24.1. The number of pyridine rings is 1. The first-order chi connectivity index (χ1) is 21.8. The van der Waals surface area contributed by atoms with Crippen molar-refractivity contribution in [2.75, 3.05) is 4.90 Å². The van der Waals surface area contributed by atoms with Gasteiger partial charge in [0.25, 0.3) is 0 Å². The normalized spacial score (nSPS) is 12.1. The second kappa shape index (κ2) is 8.93. The lowest BCUT2D eigenvalue weighted by Crippen LogP contribution is -2.11. The van der Waals surface area contributed by atoms with Gasteiger partial charge in [0.15, 0.2) is 0 Å². The Morgan fingerprint density at radius 2 is 1.00 bits per heavy atom. The Labute approximate surface area is 255 Å². The Kier molecular flexibility index (Phi) is 4.84. The molecule has 0 spiro atoms. The van der Waals surface area contributed by atoms with E-state index in [2.05, 4.69) is 102 Å². The van der Waals surface area contributed by atoms with Gasteiger partial charge in [-0.25, -0.2) is 4.98 Å². The summed E-state index contributed by atoms with van der Waals surface area (Å²) >= 11 is 1.75. The zero-order chi connectivity index (χ0) is 28.8. The maximum Gasteiger partial charge on any atom is 0.139 e. The summed E-state index contributed by atoms with van der Waals surface area (Å²) < 4.78 is 13.9. The molecular weight excluding hydrogens is 561 g/mol. The Bertz CT molecular complexity index is 2640. The SMILES string of the molecule is c1ccc2c(c1)ccc1c3ccc(N(c4ccc5c(c4)oc4ccccc45)c4ccc5c(c4)oc4ccccc45)nc3sc21. The van der Waals surface area contributed by atoms with Gasteiger partial charge in [-0.1, -0.05) is 72.8 Å². The molecule has 4 aromatic heterocycles. The van der Waals surface area contributed by atoms with Gasteiger partial charge in [-0.05, 0) is 59.3 Å². The van der Waals surface area contributed by atoms with Crippen molar-refractivity contribution in [3.8, 4) is 0 Å². The largest absolute Gasteiger partial charge is 0.456 e. The molecule has 0 unspecified atom stereocenters. The van der Waals surface area contributed by atoms with E-state index < -0.39 is 0 Å². The van der Waals surface area contributed by atoms with Crippen LogP contribution in [0, 0.1) is 0 Å². The maximum absolute atomic E-state index is 6.31. The number of thiophene rings is 1. The number of furan rings is 2. The van der Waals surface area contributed by atoms with E-state index in [9.17, 15) is 0 Å². The lowest BCUT2D eigenvalue weighted by molar-refractivity contribution is 0.669. The van der Waals surface area contributed by atoms with E-state index in [1.807, 2.05) is 36.4 Å². The van der Waals surface area contributed by atoms with Crippen LogP contribution in [0.15, 0.2) is 142 Å². The number of aromatic nitrogens is 1. The van der Waals surface area contributed by atoms with Crippen molar-refractivity contribution in [2.45, 2.75) is 0 Å². The van der Waals surface area contributed by atoms with Gasteiger partial charge in [-0.2, -0.15) is 0 Å². The van der Waals surface area contributed by atoms with E-state index in [0.717, 1.165) is 65.9 Å². The molecule has 0 atom stereocenters. The fraction of sp³-hybridized carbons (Fsp3) is 0. The molecule has 206 valence electrons. The maximum atomic E-state index is 6.31. The van der Waals surface area contributed by atoms with Gasteiger partial charge >= 0.3 is 0 Å². The molecule has 6 aromatic carbocycles. The predicted octanol–water partition coefficient (Wildman–Crippen LogP) is 11.9. The van der Waals surface area contributed by atoms with Crippen LogP contribution in [-0.4, -0.2) is 4.98 Å². The second-order valence-corrected chi connectivity index (χ2v) is 12.2. The summed E-state index contributed by atoms with van der Waals surface area (Å²) in [5.74, 6) is 0.833. The predicted molar refractivity (Wildman–Crippen MR) is 184 cm³/mol. The third-order valence-electron chi connectivity index (χ3n) is 8.68. The molecule has 4 nitrogen and oxygen atoms in total. The molecule has 44 heavy (non-hydrogen) atoms. The van der Waals surface area contributed by atoms with E-state index in [1.54, 1.807) is 11.3 Å². The van der Waals surface area contributed by atoms with Crippen molar-refractivity contribution >= 4 is 103 Å². The second-order valence-electron chi connectivity index (χ2n) is 11.2. The summed E-state index contributed by atoms with van der Waals surface area (Å²) in [5.41, 5.74) is 5.37. The molecule has 10 aromatic rings. The van der Waals surface area contributed by atoms with Crippen LogP contribution < -0.4 is 4.90 Å². The third kappa shape index (κ3) is 3.41. The average molecular weight is 583 g/mol. The van der Waals surface area contributed by atoms with Crippen LogP contribution in [0.4, 0.5) is 17.2 Å². The molecule has 5 heteroatoms. The number of anilines is 3. The minimum Gasteiger partial charge on any atom is -0.456 e. The number of para-hydroxylation sites is 2. The number of nitrogens with zero attached hydrogens (tertiary/aromatic N) is 2. The van der Waals surface area contributed by atoms with Crippen LogP contribution in [-0.2, 0) is 0 Å². The molecule has 0 saturated heterocycles. The molecular formula is C39H22N2O2S. The Balaban J connectivity index is 1.21. The van der Waals surface area contributed by atoms with E-state index in [0.29, 0.717) is 0 Å². The molecule has 0 radical (unpaired) electrons. The molecule has 0 aliphatic rings. The summed E-state index contributed by atoms with van der Waals surface area (Å²) in [6, 6.07) is 46.5. The number of hydrogen-bond acceptors (Lipinski definition) is 5. The minimum atomic E-state index is 0.833. The fourth-order valence-electron chi connectivity index (χ4n) is 6.62. The van der Waals surface area contributed by atoms with Crippen molar-refractivity contribution in [3.05, 3.63) is 133 Å². The Hall–Kier alpha value is -5.65. The molecule has 0 aliphatic carbocycles. The lowest BCUT2D eigenvalue weighted by atomic mass is 10.1. The highest BCUT2D eigenvalue weighted by Gasteiger charge is 2.20. The summed E-state index contributed by atoms with van der Waals surface area (Å²) in [5, 5.41) is 9.32. The van der Waals surface area contributed by atoms with Crippen LogP contribution in [0.25, 0.3) is 75.0 Å². The third-order valence-corrected chi connectivity index (χ3v) is 9.83. The van der Waals surface area contributed by atoms with E-state index in [4.69, 9.17) is 13.8 Å². The number of rotatable bonds is 3. The van der Waals surface area contributed by atoms with E-state index >= 15 is 0 Å². The van der Waals surface area contributed by atoms with Crippen LogP contribution in [0.2, 0.25) is 0 Å². The number of benzene rings is 6. The monoisotopic (exact) mass is 582 g/mol. The van der Waals surface area contributed by atoms with E-state index in [-0.39, 0.29) is 0 Å². The summed E-state index contributed by atoms with van der Waals surface area (Å²) in [6.45, 7) is 0.